The summed E-state index contributed by atoms with van der Waals surface area (Å²) in [7, 11) is 0. The highest BCUT2D eigenvalue weighted by molar-refractivity contribution is 7.99. The summed E-state index contributed by atoms with van der Waals surface area (Å²) >= 11 is 1.17. The van der Waals surface area contributed by atoms with E-state index in [1.807, 2.05) is 34.6 Å². The first-order valence-electron chi connectivity index (χ1n) is 15.5. The number of carbonyl (C=O) groups is 4. The fourth-order valence-corrected chi connectivity index (χ4v) is 5.61. The fraction of sp³-hybridized carbons (Fsp3) is 0.455. The highest BCUT2D eigenvalue weighted by Crippen LogP contribution is 2.26. The van der Waals surface area contributed by atoms with Gasteiger partial charge in [-0.1, -0.05) is 46.8 Å². The third-order valence-corrected chi connectivity index (χ3v) is 7.97. The van der Waals surface area contributed by atoms with Crippen LogP contribution in [0.1, 0.15) is 65.4 Å². The first-order valence-corrected chi connectivity index (χ1v) is 16.6. The number of nitro groups is 1. The summed E-state index contributed by atoms with van der Waals surface area (Å²) in [6.45, 7) is 9.48. The van der Waals surface area contributed by atoms with Crippen LogP contribution in [0.5, 0.6) is 0 Å². The summed E-state index contributed by atoms with van der Waals surface area (Å²) in [5.74, 6) is -3.54. The molecule has 6 N–H and O–H groups in total. The average molecular weight is 698 g/mol. The largest absolute Gasteiger partial charge is 0.480 e. The molecular weight excluding hydrogens is 654 g/mol. The van der Waals surface area contributed by atoms with Crippen molar-refractivity contribution < 1.29 is 34.3 Å². The number of hydrogen-bond acceptors (Lipinski definition) is 9. The smallest absolute Gasteiger partial charge is 0.327 e. The number of aliphatic imine (C=N–C) groups is 1. The van der Waals surface area contributed by atoms with E-state index in [4.69, 9.17) is 5.26 Å². The lowest BCUT2D eigenvalue weighted by Crippen LogP contribution is -2.44. The van der Waals surface area contributed by atoms with Gasteiger partial charge < -0.3 is 31.5 Å². The molecule has 2 rings (SSSR count). The highest BCUT2D eigenvalue weighted by Gasteiger charge is 2.28. The number of benzene rings is 2. The molecule has 2 aromatic rings. The lowest BCUT2D eigenvalue weighted by Gasteiger charge is -2.23. The molecule has 0 radical (unpaired) electrons. The molecule has 49 heavy (non-hydrogen) atoms. The van der Waals surface area contributed by atoms with Crippen molar-refractivity contribution in [2.24, 2.45) is 16.3 Å². The van der Waals surface area contributed by atoms with Gasteiger partial charge in [-0.3, -0.25) is 19.7 Å². The Balaban J connectivity index is 2.06. The molecule has 0 spiro atoms. The van der Waals surface area contributed by atoms with Crippen LogP contribution in [0.2, 0.25) is 0 Å². The van der Waals surface area contributed by atoms with Crippen molar-refractivity contribution in [1.82, 2.24) is 10.6 Å². The lowest BCUT2D eigenvalue weighted by atomic mass is 9.89. The van der Waals surface area contributed by atoms with Crippen molar-refractivity contribution in [2.75, 3.05) is 22.1 Å². The molecule has 3 atom stereocenters. The van der Waals surface area contributed by atoms with E-state index in [0.29, 0.717) is 23.4 Å². The number of nitro benzene ring substituents is 1. The number of carbonyl (C=O) groups excluding carboxylic acids is 2. The zero-order chi connectivity index (χ0) is 36.7. The summed E-state index contributed by atoms with van der Waals surface area (Å²) < 4.78 is 0. The molecule has 2 aromatic carbocycles. The Labute approximate surface area is 289 Å². The molecule has 0 bridgehead atoms. The second-order valence-electron chi connectivity index (χ2n) is 12.9. The van der Waals surface area contributed by atoms with Crippen LogP contribution in [0.25, 0.3) is 0 Å². The van der Waals surface area contributed by atoms with E-state index in [2.05, 4.69) is 26.3 Å². The molecule has 0 saturated heterocycles. The summed E-state index contributed by atoms with van der Waals surface area (Å²) in [5, 5.41) is 50.4. The number of nitrogens with one attached hydrogen (secondary N) is 4. The first kappa shape index (κ1) is 40.0. The second kappa shape index (κ2) is 19.0. The summed E-state index contributed by atoms with van der Waals surface area (Å²) in [6, 6.07) is 9.95. The number of aliphatic carboxylic acids is 2. The molecule has 2 amide bonds. The van der Waals surface area contributed by atoms with Gasteiger partial charge in [-0.2, -0.15) is 17.0 Å². The predicted octanol–water partition coefficient (Wildman–Crippen LogP) is 4.78. The van der Waals surface area contributed by atoms with E-state index < -0.39 is 40.8 Å². The molecule has 0 heterocycles. The third kappa shape index (κ3) is 14.6. The maximum absolute atomic E-state index is 13.4. The number of thioether (sulfide) groups is 1. The van der Waals surface area contributed by atoms with Gasteiger partial charge in [0.1, 0.15) is 12.1 Å². The third-order valence-electron chi connectivity index (χ3n) is 6.88. The SMILES string of the molecule is CC(C)CC(C(=O)NC(CCSCC(NC(=O)CC(C)(C)C)C(=O)O)C(=O)O)c1ccc(NC(=NC#N)Nc2ccc([N+](=O)[O-])cc2)cc1. The van der Waals surface area contributed by atoms with Crippen molar-refractivity contribution in [3.8, 4) is 6.19 Å². The number of carboxylic acids is 2. The van der Waals surface area contributed by atoms with E-state index >= 15 is 0 Å². The monoisotopic (exact) mass is 697 g/mol. The molecule has 0 aromatic heterocycles. The normalized spacial score (nSPS) is 13.4. The van der Waals surface area contributed by atoms with Crippen LogP contribution in [-0.2, 0) is 19.2 Å². The van der Waals surface area contributed by atoms with Gasteiger partial charge in [0.05, 0.1) is 10.8 Å². The summed E-state index contributed by atoms with van der Waals surface area (Å²) in [5.41, 5.74) is 1.20. The molecule has 0 aliphatic rings. The number of nitriles is 1. The van der Waals surface area contributed by atoms with E-state index in [1.165, 1.54) is 36.0 Å². The molecule has 0 aliphatic carbocycles. The number of anilines is 2. The number of guanidine groups is 1. The Morgan fingerprint density at radius 2 is 1.49 bits per heavy atom. The van der Waals surface area contributed by atoms with E-state index in [1.54, 1.807) is 30.5 Å². The maximum atomic E-state index is 13.4. The van der Waals surface area contributed by atoms with Crippen molar-refractivity contribution in [3.05, 3.63) is 64.2 Å². The zero-order valence-corrected chi connectivity index (χ0v) is 28.9. The van der Waals surface area contributed by atoms with Crippen molar-refractivity contribution in [3.63, 3.8) is 0 Å². The van der Waals surface area contributed by atoms with Crippen LogP contribution in [0.4, 0.5) is 17.1 Å². The minimum atomic E-state index is -1.23. The van der Waals surface area contributed by atoms with Gasteiger partial charge >= 0.3 is 11.9 Å². The Hall–Kier alpha value is -5.17. The quantitative estimate of drug-likeness (QED) is 0.0327. The van der Waals surface area contributed by atoms with Crippen LogP contribution in [0.15, 0.2) is 53.5 Å². The number of nitrogens with zero attached hydrogens (tertiary/aromatic N) is 3. The maximum Gasteiger partial charge on any atom is 0.327 e. The topological polar surface area (TPSA) is 236 Å². The Morgan fingerprint density at radius 1 is 0.939 bits per heavy atom. The number of non-ortho nitro benzene ring substituents is 1. The number of carboxylic acid groups (broad SMARTS) is 2. The number of amides is 2. The summed E-state index contributed by atoms with van der Waals surface area (Å²) in [6.07, 6.45) is 2.30. The molecule has 0 aliphatic heterocycles. The van der Waals surface area contributed by atoms with Crippen LogP contribution in [0, 0.1) is 32.9 Å². The Kier molecular flexibility index (Phi) is 15.5. The standard InChI is InChI=1S/C33H43N7O8S/c1-20(2)16-25(21-6-8-22(9-7-21)36-32(35-19-34)37-23-10-12-24(13-11-23)40(47)48)29(42)39-26(30(43)44)14-15-49-18-27(31(45)46)38-28(41)17-33(3,4)5/h6-13,20,25-27H,14-18H2,1-5H3,(H,38,41)(H,39,42)(H,43,44)(H,45,46)(H2,35,36,37). The Bertz CT molecular complexity index is 1530. The van der Waals surface area contributed by atoms with E-state index in [9.17, 15) is 39.5 Å². The molecule has 3 unspecified atom stereocenters. The van der Waals surface area contributed by atoms with Gasteiger partial charge in [0.2, 0.25) is 24.0 Å². The minimum Gasteiger partial charge on any atom is -0.480 e. The molecule has 0 fully saturated rings. The first-order chi connectivity index (χ1) is 23.0. The fourth-order valence-electron chi connectivity index (χ4n) is 4.58. The van der Waals surface area contributed by atoms with Gasteiger partial charge in [-0.15, -0.1) is 4.99 Å². The van der Waals surface area contributed by atoms with Gasteiger partial charge in [0.25, 0.3) is 5.69 Å². The van der Waals surface area contributed by atoms with Gasteiger partial charge in [-0.05, 0) is 59.8 Å². The summed E-state index contributed by atoms with van der Waals surface area (Å²) in [4.78, 5) is 63.5. The van der Waals surface area contributed by atoms with Crippen LogP contribution in [0.3, 0.4) is 0 Å². The van der Waals surface area contributed by atoms with Gasteiger partial charge in [0.15, 0.2) is 0 Å². The van der Waals surface area contributed by atoms with E-state index in [-0.39, 0.29) is 53.2 Å². The lowest BCUT2D eigenvalue weighted by molar-refractivity contribution is -0.384. The highest BCUT2D eigenvalue weighted by atomic mass is 32.2. The van der Waals surface area contributed by atoms with Crippen LogP contribution >= 0.6 is 11.8 Å². The minimum absolute atomic E-state index is 0.0338. The zero-order valence-electron chi connectivity index (χ0n) is 28.1. The average Bonchev–Trinajstić information content (AvgIpc) is 3.00. The molecule has 264 valence electrons. The van der Waals surface area contributed by atoms with Gasteiger partial charge in [0, 0.05) is 35.7 Å². The van der Waals surface area contributed by atoms with E-state index in [0.717, 1.165) is 0 Å². The van der Waals surface area contributed by atoms with Crippen molar-refractivity contribution in [1.29, 1.82) is 5.26 Å². The van der Waals surface area contributed by atoms with Crippen LogP contribution < -0.4 is 21.3 Å². The number of hydrogen-bond donors (Lipinski definition) is 6. The number of rotatable bonds is 17. The van der Waals surface area contributed by atoms with Gasteiger partial charge in [-0.25, -0.2) is 9.59 Å². The molecule has 16 heteroatoms. The molecule has 15 nitrogen and oxygen atoms in total. The van der Waals surface area contributed by atoms with Crippen molar-refractivity contribution in [2.45, 2.75) is 71.9 Å². The molecule has 0 saturated carbocycles. The Morgan fingerprint density at radius 3 is 1.96 bits per heavy atom. The molecular formula is C33H43N7O8S. The second-order valence-corrected chi connectivity index (χ2v) is 14.0. The predicted molar refractivity (Wildman–Crippen MR) is 187 cm³/mol. The van der Waals surface area contributed by atoms with Crippen molar-refractivity contribution >= 4 is 58.5 Å². The van der Waals surface area contributed by atoms with Crippen LogP contribution in [-0.4, -0.2) is 68.4 Å².